The van der Waals surface area contributed by atoms with Crippen LogP contribution in [0, 0.1) is 6.92 Å². The summed E-state index contributed by atoms with van der Waals surface area (Å²) in [5.74, 6) is 0. The van der Waals surface area contributed by atoms with Crippen LogP contribution < -0.4 is 4.90 Å². The molecule has 3 aromatic rings. The average Bonchev–Trinajstić information content (AvgIpc) is 2.60. The quantitative estimate of drug-likeness (QED) is 0.563. The number of benzene rings is 3. The normalized spacial score (nSPS) is 14.9. The zero-order valence-corrected chi connectivity index (χ0v) is 14.6. The lowest BCUT2D eigenvalue weighted by atomic mass is 9.73. The molecule has 0 N–H and O–H groups in total. The summed E-state index contributed by atoms with van der Waals surface area (Å²) in [6.45, 7) is 7.75. The van der Waals surface area contributed by atoms with Gasteiger partial charge < -0.3 is 4.90 Å². The van der Waals surface area contributed by atoms with Crippen molar-refractivity contribution in [3.05, 3.63) is 95.1 Å². The Labute approximate surface area is 144 Å². The maximum absolute atomic E-state index is 2.47. The first-order valence-corrected chi connectivity index (χ1v) is 8.60. The first kappa shape index (κ1) is 15.0. The van der Waals surface area contributed by atoms with Crippen molar-refractivity contribution in [2.24, 2.45) is 0 Å². The molecule has 0 amide bonds. The van der Waals surface area contributed by atoms with E-state index in [1.165, 1.54) is 33.6 Å². The maximum atomic E-state index is 2.47. The Kier molecular flexibility index (Phi) is 3.45. The van der Waals surface area contributed by atoms with Gasteiger partial charge in [-0.2, -0.15) is 0 Å². The number of aryl methyl sites for hydroxylation is 1. The number of rotatable bonds is 2. The molecule has 24 heavy (non-hydrogen) atoms. The standard InChI is InChI=1S/C23H23N/c1-17-10-4-5-11-18(17)16-24-21-14-8-6-12-19(21)23(2,3)20-13-7-9-15-22(20)24/h4-15H,16H2,1-3H3. The van der Waals surface area contributed by atoms with Crippen molar-refractivity contribution >= 4 is 11.4 Å². The highest BCUT2D eigenvalue weighted by Gasteiger charge is 2.35. The maximum Gasteiger partial charge on any atom is 0.0484 e. The molecule has 1 heterocycles. The van der Waals surface area contributed by atoms with E-state index < -0.39 is 0 Å². The molecule has 0 bridgehead atoms. The van der Waals surface area contributed by atoms with Gasteiger partial charge in [0.05, 0.1) is 0 Å². The van der Waals surface area contributed by atoms with E-state index in [1.54, 1.807) is 0 Å². The summed E-state index contributed by atoms with van der Waals surface area (Å²) in [5, 5.41) is 0. The molecule has 4 rings (SSSR count). The molecule has 0 fully saturated rings. The monoisotopic (exact) mass is 313 g/mol. The third-order valence-corrected chi connectivity index (χ3v) is 5.33. The molecule has 0 spiro atoms. The fraction of sp³-hybridized carbons (Fsp3) is 0.217. The molecule has 3 aromatic carbocycles. The zero-order chi connectivity index (χ0) is 16.7. The van der Waals surface area contributed by atoms with Crippen LogP contribution in [0.2, 0.25) is 0 Å². The van der Waals surface area contributed by atoms with Crippen molar-refractivity contribution in [3.8, 4) is 0 Å². The van der Waals surface area contributed by atoms with Crippen LogP contribution in [0.4, 0.5) is 11.4 Å². The molecule has 1 aliphatic heterocycles. The summed E-state index contributed by atoms with van der Waals surface area (Å²) >= 11 is 0. The molecule has 0 radical (unpaired) electrons. The lowest BCUT2D eigenvalue weighted by molar-refractivity contribution is 0.623. The Morgan fingerprint density at radius 3 is 1.79 bits per heavy atom. The van der Waals surface area contributed by atoms with E-state index in [0.717, 1.165) is 6.54 Å². The highest BCUT2D eigenvalue weighted by Crippen LogP contribution is 2.49. The molecule has 0 atom stereocenters. The first-order chi connectivity index (χ1) is 11.6. The molecular weight excluding hydrogens is 290 g/mol. The van der Waals surface area contributed by atoms with Crippen LogP contribution in [-0.2, 0) is 12.0 Å². The lowest BCUT2D eigenvalue weighted by Gasteiger charge is -2.42. The smallest absolute Gasteiger partial charge is 0.0484 e. The second-order valence-corrected chi connectivity index (χ2v) is 7.17. The van der Waals surface area contributed by atoms with Crippen LogP contribution in [0.1, 0.15) is 36.1 Å². The molecule has 0 saturated heterocycles. The van der Waals surface area contributed by atoms with Crippen molar-refractivity contribution in [1.29, 1.82) is 0 Å². The number of nitrogens with zero attached hydrogens (tertiary/aromatic N) is 1. The zero-order valence-electron chi connectivity index (χ0n) is 14.6. The molecule has 0 aromatic heterocycles. The van der Waals surface area contributed by atoms with Crippen LogP contribution in [0.5, 0.6) is 0 Å². The van der Waals surface area contributed by atoms with Crippen LogP contribution in [0.25, 0.3) is 0 Å². The third-order valence-electron chi connectivity index (χ3n) is 5.33. The van der Waals surface area contributed by atoms with E-state index >= 15 is 0 Å². The van der Waals surface area contributed by atoms with E-state index in [1.807, 2.05) is 0 Å². The highest BCUT2D eigenvalue weighted by atomic mass is 15.1. The van der Waals surface area contributed by atoms with Crippen LogP contribution in [0.3, 0.4) is 0 Å². The van der Waals surface area contributed by atoms with Gasteiger partial charge >= 0.3 is 0 Å². The van der Waals surface area contributed by atoms with Crippen molar-refractivity contribution in [1.82, 2.24) is 0 Å². The fourth-order valence-electron chi connectivity index (χ4n) is 3.88. The topological polar surface area (TPSA) is 3.24 Å². The molecule has 1 aliphatic rings. The summed E-state index contributed by atoms with van der Waals surface area (Å²) in [4.78, 5) is 2.47. The summed E-state index contributed by atoms with van der Waals surface area (Å²) < 4.78 is 0. The Balaban J connectivity index is 1.90. The van der Waals surface area contributed by atoms with Crippen molar-refractivity contribution < 1.29 is 0 Å². The number of para-hydroxylation sites is 2. The summed E-state index contributed by atoms with van der Waals surface area (Å²) in [7, 11) is 0. The largest absolute Gasteiger partial charge is 0.336 e. The number of anilines is 2. The fourth-order valence-corrected chi connectivity index (χ4v) is 3.88. The van der Waals surface area contributed by atoms with Gasteiger partial charge in [-0.05, 0) is 41.3 Å². The van der Waals surface area contributed by atoms with Crippen LogP contribution in [0.15, 0.2) is 72.8 Å². The molecule has 0 saturated carbocycles. The minimum Gasteiger partial charge on any atom is -0.336 e. The number of fused-ring (bicyclic) bond motifs is 2. The van der Waals surface area contributed by atoms with E-state index in [9.17, 15) is 0 Å². The molecule has 120 valence electrons. The minimum absolute atomic E-state index is 0.0232. The number of hydrogen-bond donors (Lipinski definition) is 0. The predicted octanol–water partition coefficient (Wildman–Crippen LogP) is 5.97. The second kappa shape index (κ2) is 5.52. The average molecular weight is 313 g/mol. The summed E-state index contributed by atoms with van der Waals surface area (Å²) in [6, 6.07) is 26.3. The summed E-state index contributed by atoms with van der Waals surface area (Å²) in [6.07, 6.45) is 0. The Morgan fingerprint density at radius 2 is 1.21 bits per heavy atom. The van der Waals surface area contributed by atoms with Gasteiger partial charge in [0.25, 0.3) is 0 Å². The second-order valence-electron chi connectivity index (χ2n) is 7.17. The van der Waals surface area contributed by atoms with Gasteiger partial charge in [0.2, 0.25) is 0 Å². The summed E-state index contributed by atoms with van der Waals surface area (Å²) in [5.41, 5.74) is 8.19. The van der Waals surface area contributed by atoms with Crippen molar-refractivity contribution in [3.63, 3.8) is 0 Å². The third kappa shape index (κ3) is 2.24. The molecule has 1 heteroatoms. The van der Waals surface area contributed by atoms with Crippen molar-refractivity contribution in [2.45, 2.75) is 32.7 Å². The van der Waals surface area contributed by atoms with E-state index in [-0.39, 0.29) is 5.41 Å². The van der Waals surface area contributed by atoms with Gasteiger partial charge in [-0.1, -0.05) is 74.5 Å². The van der Waals surface area contributed by atoms with Gasteiger partial charge in [-0.25, -0.2) is 0 Å². The molecule has 0 aliphatic carbocycles. The van der Waals surface area contributed by atoms with Gasteiger partial charge in [-0.3, -0.25) is 0 Å². The van der Waals surface area contributed by atoms with Crippen molar-refractivity contribution in [2.75, 3.05) is 4.90 Å². The molecule has 1 nitrogen and oxygen atoms in total. The van der Waals surface area contributed by atoms with E-state index in [0.29, 0.717) is 0 Å². The SMILES string of the molecule is Cc1ccccc1CN1c2ccccc2C(C)(C)c2ccccc21. The van der Waals surface area contributed by atoms with Gasteiger partial charge in [0.15, 0.2) is 0 Å². The Bertz CT molecular complexity index is 842. The van der Waals surface area contributed by atoms with E-state index in [4.69, 9.17) is 0 Å². The van der Waals surface area contributed by atoms with Crippen LogP contribution >= 0.6 is 0 Å². The lowest BCUT2D eigenvalue weighted by Crippen LogP contribution is -2.32. The molecular formula is C23H23N. The predicted molar refractivity (Wildman–Crippen MR) is 102 cm³/mol. The highest BCUT2D eigenvalue weighted by molar-refractivity contribution is 5.77. The molecule has 0 unspecified atom stereocenters. The van der Waals surface area contributed by atoms with Gasteiger partial charge in [0, 0.05) is 23.3 Å². The Morgan fingerprint density at radius 1 is 0.708 bits per heavy atom. The minimum atomic E-state index is 0.0232. The Hall–Kier alpha value is -2.54. The van der Waals surface area contributed by atoms with Gasteiger partial charge in [-0.15, -0.1) is 0 Å². The van der Waals surface area contributed by atoms with Gasteiger partial charge in [0.1, 0.15) is 0 Å². The van der Waals surface area contributed by atoms with E-state index in [2.05, 4.69) is 98.5 Å². The first-order valence-electron chi connectivity index (χ1n) is 8.60. The van der Waals surface area contributed by atoms with Crippen LogP contribution in [-0.4, -0.2) is 0 Å². The number of hydrogen-bond acceptors (Lipinski definition) is 1.